The van der Waals surface area contributed by atoms with Gasteiger partial charge in [-0.3, -0.25) is 14.3 Å². The molecular formula is C32H31N3O6S. The van der Waals surface area contributed by atoms with Crippen LogP contribution in [0.2, 0.25) is 0 Å². The fourth-order valence-corrected chi connectivity index (χ4v) is 5.65. The highest BCUT2D eigenvalue weighted by Gasteiger charge is 2.34. The van der Waals surface area contributed by atoms with Crippen LogP contribution in [0.15, 0.2) is 102 Å². The third kappa shape index (κ3) is 6.72. The van der Waals surface area contributed by atoms with Crippen LogP contribution in [-0.2, 0) is 26.2 Å². The van der Waals surface area contributed by atoms with Gasteiger partial charge in [0.2, 0.25) is 0 Å². The van der Waals surface area contributed by atoms with E-state index in [1.807, 2.05) is 49.4 Å². The molecule has 0 spiro atoms. The van der Waals surface area contributed by atoms with Gasteiger partial charge in [-0.1, -0.05) is 60.2 Å². The molecule has 0 aromatic heterocycles. The Kier molecular flexibility index (Phi) is 8.44. The molecule has 5 rings (SSSR count). The van der Waals surface area contributed by atoms with Crippen LogP contribution in [0.1, 0.15) is 16.7 Å². The van der Waals surface area contributed by atoms with Crippen LogP contribution in [-0.4, -0.2) is 39.5 Å². The van der Waals surface area contributed by atoms with Crippen LogP contribution < -0.4 is 24.4 Å². The molecule has 1 heterocycles. The fraction of sp³-hybridized carbons (Fsp3) is 0.188. The second kappa shape index (κ2) is 12.4. The van der Waals surface area contributed by atoms with Crippen molar-refractivity contribution in [3.05, 3.63) is 114 Å². The summed E-state index contributed by atoms with van der Waals surface area (Å²) in [5.41, 5.74) is 3.52. The number of carbonyl (C=O) groups excluding carboxylic acids is 2. The minimum atomic E-state index is -3.82. The van der Waals surface area contributed by atoms with E-state index >= 15 is 0 Å². The first-order chi connectivity index (χ1) is 20.2. The van der Waals surface area contributed by atoms with Crippen molar-refractivity contribution in [3.8, 4) is 11.5 Å². The first-order valence-corrected chi connectivity index (χ1v) is 14.9. The van der Waals surface area contributed by atoms with Gasteiger partial charge < -0.3 is 19.7 Å². The van der Waals surface area contributed by atoms with Gasteiger partial charge in [0.15, 0.2) is 12.7 Å². The van der Waals surface area contributed by atoms with Crippen LogP contribution >= 0.6 is 0 Å². The van der Waals surface area contributed by atoms with Gasteiger partial charge in [-0.15, -0.1) is 0 Å². The predicted octanol–water partition coefficient (Wildman–Crippen LogP) is 4.59. The van der Waals surface area contributed by atoms with Gasteiger partial charge >= 0.3 is 0 Å². The van der Waals surface area contributed by atoms with Crippen molar-refractivity contribution in [1.82, 2.24) is 5.32 Å². The standard InChI is InChI=1S/C32H31N3O6S/c1-22-12-14-25(15-13-22)34-42(38,39)26-16-17-28(23(2)18-26)40-21-31(36)35-20-30(41-29-11-7-6-10-27(29)35)32(37)33-19-24-8-4-3-5-9-24/h3-18,30,34H,19-21H2,1-2H3,(H,33,37). The molecule has 0 fully saturated rings. The third-order valence-electron chi connectivity index (χ3n) is 6.79. The Balaban J connectivity index is 1.24. The van der Waals surface area contributed by atoms with Crippen LogP contribution in [0.25, 0.3) is 0 Å². The lowest BCUT2D eigenvalue weighted by Crippen LogP contribution is -2.51. The number of hydrogen-bond acceptors (Lipinski definition) is 6. The average Bonchev–Trinajstić information content (AvgIpc) is 3.00. The number of nitrogens with zero attached hydrogens (tertiary/aromatic N) is 1. The molecule has 0 radical (unpaired) electrons. The van der Waals surface area contributed by atoms with Gasteiger partial charge in [0.25, 0.3) is 21.8 Å². The molecule has 0 bridgehead atoms. The van der Waals surface area contributed by atoms with E-state index in [1.165, 1.54) is 23.1 Å². The Morgan fingerprint density at radius 1 is 0.929 bits per heavy atom. The van der Waals surface area contributed by atoms with Gasteiger partial charge in [0.1, 0.15) is 11.5 Å². The van der Waals surface area contributed by atoms with E-state index in [9.17, 15) is 18.0 Å². The summed E-state index contributed by atoms with van der Waals surface area (Å²) in [7, 11) is -3.82. The number of ether oxygens (including phenoxy) is 2. The summed E-state index contributed by atoms with van der Waals surface area (Å²) < 4.78 is 40.1. The predicted molar refractivity (Wildman–Crippen MR) is 160 cm³/mol. The number of fused-ring (bicyclic) bond motifs is 1. The zero-order valence-corrected chi connectivity index (χ0v) is 24.1. The summed E-state index contributed by atoms with van der Waals surface area (Å²) in [6, 6.07) is 28.0. The van der Waals surface area contributed by atoms with E-state index in [4.69, 9.17) is 9.47 Å². The molecule has 1 aliphatic heterocycles. The SMILES string of the molecule is Cc1ccc(NS(=O)(=O)c2ccc(OCC(=O)N3CC(C(=O)NCc4ccccc4)Oc4ccccc43)c(C)c2)cc1. The molecule has 4 aromatic carbocycles. The van der Waals surface area contributed by atoms with Crippen LogP contribution in [0.5, 0.6) is 11.5 Å². The van der Waals surface area contributed by atoms with Gasteiger partial charge in [0.05, 0.1) is 17.1 Å². The second-order valence-electron chi connectivity index (χ2n) is 9.97. The number of hydrogen-bond donors (Lipinski definition) is 2. The lowest BCUT2D eigenvalue weighted by atomic mass is 10.1. The van der Waals surface area contributed by atoms with E-state index in [2.05, 4.69) is 10.0 Å². The maximum absolute atomic E-state index is 13.4. The van der Waals surface area contributed by atoms with Crippen molar-refractivity contribution in [2.75, 3.05) is 22.8 Å². The third-order valence-corrected chi connectivity index (χ3v) is 8.17. The quantitative estimate of drug-likeness (QED) is 0.297. The molecule has 4 aromatic rings. The molecule has 1 atom stereocenters. The maximum atomic E-state index is 13.4. The summed E-state index contributed by atoms with van der Waals surface area (Å²) in [6.45, 7) is 3.67. The largest absolute Gasteiger partial charge is 0.483 e. The molecule has 216 valence electrons. The Hall–Kier alpha value is -4.83. The van der Waals surface area contributed by atoms with E-state index in [-0.39, 0.29) is 29.9 Å². The van der Waals surface area contributed by atoms with Crippen LogP contribution in [0.4, 0.5) is 11.4 Å². The fourth-order valence-electron chi connectivity index (χ4n) is 4.51. The minimum Gasteiger partial charge on any atom is -0.483 e. The van der Waals surface area contributed by atoms with Crippen molar-refractivity contribution in [2.45, 2.75) is 31.4 Å². The van der Waals surface area contributed by atoms with E-state index in [0.29, 0.717) is 35.0 Å². The first kappa shape index (κ1) is 28.7. The highest BCUT2D eigenvalue weighted by Crippen LogP contribution is 2.33. The van der Waals surface area contributed by atoms with E-state index < -0.39 is 16.1 Å². The summed E-state index contributed by atoms with van der Waals surface area (Å²) in [5, 5.41) is 2.87. The van der Waals surface area contributed by atoms with Crippen molar-refractivity contribution in [1.29, 1.82) is 0 Å². The molecule has 2 N–H and O–H groups in total. The van der Waals surface area contributed by atoms with Crippen molar-refractivity contribution < 1.29 is 27.5 Å². The highest BCUT2D eigenvalue weighted by molar-refractivity contribution is 7.92. The second-order valence-corrected chi connectivity index (χ2v) is 11.7. The number of para-hydroxylation sites is 2. The molecule has 0 aliphatic carbocycles. The van der Waals surface area contributed by atoms with Crippen LogP contribution in [0, 0.1) is 13.8 Å². The smallest absolute Gasteiger partial charge is 0.265 e. The maximum Gasteiger partial charge on any atom is 0.265 e. The van der Waals surface area contributed by atoms with Crippen molar-refractivity contribution in [3.63, 3.8) is 0 Å². The number of rotatable bonds is 9. The van der Waals surface area contributed by atoms with Crippen molar-refractivity contribution >= 4 is 33.2 Å². The van der Waals surface area contributed by atoms with E-state index in [0.717, 1.165) is 11.1 Å². The molecule has 9 nitrogen and oxygen atoms in total. The molecule has 42 heavy (non-hydrogen) atoms. The zero-order chi connectivity index (χ0) is 29.7. The Morgan fingerprint density at radius 2 is 1.64 bits per heavy atom. The Bertz CT molecular complexity index is 1690. The molecule has 0 saturated carbocycles. The van der Waals surface area contributed by atoms with Gasteiger partial charge in [-0.2, -0.15) is 0 Å². The summed E-state index contributed by atoms with van der Waals surface area (Å²) >= 11 is 0. The number of anilines is 2. The normalized spacial score (nSPS) is 14.3. The molecule has 1 aliphatic rings. The number of aryl methyl sites for hydroxylation is 2. The summed E-state index contributed by atoms with van der Waals surface area (Å²) in [6.07, 6.45) is -0.903. The van der Waals surface area contributed by atoms with Crippen molar-refractivity contribution in [2.24, 2.45) is 0 Å². The summed E-state index contributed by atoms with van der Waals surface area (Å²) in [5.74, 6) is 0.0859. The molecule has 0 saturated heterocycles. The van der Waals surface area contributed by atoms with E-state index in [1.54, 1.807) is 43.3 Å². The number of carbonyl (C=O) groups is 2. The lowest BCUT2D eigenvalue weighted by Gasteiger charge is -2.34. The Labute approximate surface area is 245 Å². The van der Waals surface area contributed by atoms with Gasteiger partial charge in [-0.05, 0) is 67.4 Å². The number of nitrogens with one attached hydrogen (secondary N) is 2. The number of amides is 2. The molecular weight excluding hydrogens is 554 g/mol. The highest BCUT2D eigenvalue weighted by atomic mass is 32.2. The first-order valence-electron chi connectivity index (χ1n) is 13.4. The van der Waals surface area contributed by atoms with Gasteiger partial charge in [0, 0.05) is 12.2 Å². The van der Waals surface area contributed by atoms with Crippen LogP contribution in [0.3, 0.4) is 0 Å². The molecule has 2 amide bonds. The molecule has 1 unspecified atom stereocenters. The topological polar surface area (TPSA) is 114 Å². The average molecular weight is 586 g/mol. The number of benzene rings is 4. The minimum absolute atomic E-state index is 0.0146. The molecule has 10 heteroatoms. The monoisotopic (exact) mass is 585 g/mol. The van der Waals surface area contributed by atoms with Gasteiger partial charge in [-0.25, -0.2) is 8.42 Å². The Morgan fingerprint density at radius 3 is 2.38 bits per heavy atom. The summed E-state index contributed by atoms with van der Waals surface area (Å²) in [4.78, 5) is 27.9. The number of sulfonamides is 1. The lowest BCUT2D eigenvalue weighted by molar-refractivity contribution is -0.128. The zero-order valence-electron chi connectivity index (χ0n) is 23.2.